The van der Waals surface area contributed by atoms with Gasteiger partial charge in [-0.3, -0.25) is 4.99 Å². The van der Waals surface area contributed by atoms with Gasteiger partial charge in [-0.2, -0.15) is 0 Å². The molecule has 2 nitrogen and oxygen atoms in total. The Morgan fingerprint density at radius 1 is 1.50 bits per heavy atom. The quantitative estimate of drug-likeness (QED) is 0.834. The molecule has 2 rings (SSSR count). The Hall–Kier alpha value is -0.180. The van der Waals surface area contributed by atoms with Gasteiger partial charge in [0, 0.05) is 11.3 Å². The molecule has 0 amide bonds. The third kappa shape index (κ3) is 3.23. The monoisotopic (exact) mass is 268 g/mol. The number of thioether (sulfide) groups is 1. The van der Waals surface area contributed by atoms with E-state index < -0.39 is 0 Å². The Bertz CT molecular complexity index is 314. The molecule has 1 N–H and O–H groups in total. The Labute approximate surface area is 116 Å². The van der Waals surface area contributed by atoms with Gasteiger partial charge in [-0.15, -0.1) is 0 Å². The first-order chi connectivity index (χ1) is 8.54. The molecular formula is C15H28N2S. The molecule has 3 heteroatoms. The lowest BCUT2D eigenvalue weighted by Crippen LogP contribution is -2.47. The van der Waals surface area contributed by atoms with Gasteiger partial charge in [-0.1, -0.05) is 52.3 Å². The normalized spacial score (nSPS) is 36.3. The number of rotatable bonds is 3. The second-order valence-corrected chi connectivity index (χ2v) is 7.51. The summed E-state index contributed by atoms with van der Waals surface area (Å²) in [4.78, 5) is 4.94. The van der Waals surface area contributed by atoms with Gasteiger partial charge < -0.3 is 5.32 Å². The van der Waals surface area contributed by atoms with Crippen molar-refractivity contribution in [3.8, 4) is 0 Å². The van der Waals surface area contributed by atoms with Gasteiger partial charge in [-0.25, -0.2) is 0 Å². The predicted molar refractivity (Wildman–Crippen MR) is 82.3 cm³/mol. The summed E-state index contributed by atoms with van der Waals surface area (Å²) in [5.74, 6) is 2.75. The zero-order valence-electron chi connectivity index (χ0n) is 12.3. The summed E-state index contributed by atoms with van der Waals surface area (Å²) in [5, 5.41) is 4.98. The maximum Gasteiger partial charge on any atom is 0.157 e. The van der Waals surface area contributed by atoms with Crippen molar-refractivity contribution >= 4 is 16.9 Å². The van der Waals surface area contributed by atoms with Crippen LogP contribution >= 0.6 is 11.8 Å². The molecule has 0 aromatic rings. The minimum atomic E-state index is 0.371. The fourth-order valence-corrected chi connectivity index (χ4v) is 4.59. The molecule has 3 unspecified atom stereocenters. The van der Waals surface area contributed by atoms with E-state index in [4.69, 9.17) is 4.99 Å². The van der Waals surface area contributed by atoms with Crippen LogP contribution in [0.15, 0.2) is 4.99 Å². The largest absolute Gasteiger partial charge is 0.359 e. The van der Waals surface area contributed by atoms with Gasteiger partial charge >= 0.3 is 0 Å². The Morgan fingerprint density at radius 2 is 2.28 bits per heavy atom. The van der Waals surface area contributed by atoms with Crippen LogP contribution in [0, 0.1) is 11.8 Å². The molecule has 0 aromatic heterocycles. The summed E-state index contributed by atoms with van der Waals surface area (Å²) >= 11 is 1.95. The number of aliphatic imine (C=N–C) groups is 1. The highest BCUT2D eigenvalue weighted by atomic mass is 32.2. The topological polar surface area (TPSA) is 24.4 Å². The standard InChI is InChI=1S/C15H28N2S/c1-5-13(11(2)3)16-14-17-15(10-18-14)8-6-7-12(4)9-15/h11-13H,5-10H2,1-4H3,(H,16,17). The van der Waals surface area contributed by atoms with Crippen LogP contribution in [0.4, 0.5) is 0 Å². The van der Waals surface area contributed by atoms with E-state index in [1.165, 1.54) is 36.6 Å². The average molecular weight is 268 g/mol. The molecule has 1 spiro atoms. The zero-order chi connectivity index (χ0) is 13.2. The Balaban J connectivity index is 2.00. The summed E-state index contributed by atoms with van der Waals surface area (Å²) in [6, 6.07) is 0.483. The van der Waals surface area contributed by atoms with Gasteiger partial charge in [0.05, 0.1) is 6.04 Å². The SMILES string of the molecule is CCC(N=C1NC2(CCCC(C)C2)CS1)C(C)C. The Kier molecular flexibility index (Phi) is 4.63. The van der Waals surface area contributed by atoms with Crippen molar-refractivity contribution < 1.29 is 0 Å². The molecule has 1 saturated heterocycles. The molecule has 3 atom stereocenters. The summed E-state index contributed by atoms with van der Waals surface area (Å²) in [6.45, 7) is 9.19. The first kappa shape index (κ1) is 14.2. The van der Waals surface area contributed by atoms with Crippen LogP contribution in [0.1, 0.15) is 59.8 Å². The number of amidine groups is 1. The third-order valence-electron chi connectivity index (χ3n) is 4.42. The maximum atomic E-state index is 4.94. The van der Waals surface area contributed by atoms with Crippen molar-refractivity contribution in [2.75, 3.05) is 5.75 Å². The van der Waals surface area contributed by atoms with Crippen LogP contribution < -0.4 is 5.32 Å². The lowest BCUT2D eigenvalue weighted by molar-refractivity contribution is 0.242. The molecular weight excluding hydrogens is 240 g/mol. The first-order valence-electron chi connectivity index (χ1n) is 7.53. The number of nitrogens with zero attached hydrogens (tertiary/aromatic N) is 1. The van der Waals surface area contributed by atoms with Crippen LogP contribution in [0.2, 0.25) is 0 Å². The first-order valence-corrected chi connectivity index (χ1v) is 8.52. The highest BCUT2D eigenvalue weighted by molar-refractivity contribution is 8.14. The van der Waals surface area contributed by atoms with Crippen LogP contribution in [-0.4, -0.2) is 22.5 Å². The minimum Gasteiger partial charge on any atom is -0.359 e. The lowest BCUT2D eigenvalue weighted by atomic mass is 9.78. The number of hydrogen-bond donors (Lipinski definition) is 1. The smallest absolute Gasteiger partial charge is 0.157 e. The van der Waals surface area contributed by atoms with E-state index in [9.17, 15) is 0 Å². The van der Waals surface area contributed by atoms with Crippen molar-refractivity contribution in [3.63, 3.8) is 0 Å². The van der Waals surface area contributed by atoms with Crippen molar-refractivity contribution in [3.05, 3.63) is 0 Å². The second-order valence-electron chi connectivity index (χ2n) is 6.55. The van der Waals surface area contributed by atoms with Crippen LogP contribution in [0.5, 0.6) is 0 Å². The fourth-order valence-electron chi connectivity index (χ4n) is 3.34. The molecule has 0 bridgehead atoms. The lowest BCUT2D eigenvalue weighted by Gasteiger charge is -2.36. The molecule has 1 heterocycles. The highest BCUT2D eigenvalue weighted by Gasteiger charge is 2.40. The van der Waals surface area contributed by atoms with Gasteiger partial charge in [0.15, 0.2) is 5.17 Å². The van der Waals surface area contributed by atoms with E-state index in [0.29, 0.717) is 17.5 Å². The summed E-state index contributed by atoms with van der Waals surface area (Å²) in [7, 11) is 0. The van der Waals surface area contributed by atoms with Gasteiger partial charge in [0.2, 0.25) is 0 Å². The zero-order valence-corrected chi connectivity index (χ0v) is 13.1. The van der Waals surface area contributed by atoms with E-state index in [1.807, 2.05) is 11.8 Å². The maximum absolute atomic E-state index is 4.94. The molecule has 1 aliphatic carbocycles. The highest BCUT2D eigenvalue weighted by Crippen LogP contribution is 2.38. The van der Waals surface area contributed by atoms with E-state index in [1.54, 1.807) is 0 Å². The van der Waals surface area contributed by atoms with Gasteiger partial charge in [-0.05, 0) is 31.1 Å². The Morgan fingerprint density at radius 3 is 2.89 bits per heavy atom. The molecule has 104 valence electrons. The van der Waals surface area contributed by atoms with Crippen LogP contribution in [0.3, 0.4) is 0 Å². The van der Waals surface area contributed by atoms with Crippen molar-refractivity contribution in [1.82, 2.24) is 5.32 Å². The minimum absolute atomic E-state index is 0.371. The number of hydrogen-bond acceptors (Lipinski definition) is 2. The molecule has 2 fully saturated rings. The molecule has 1 aliphatic heterocycles. The molecule has 2 aliphatic rings. The van der Waals surface area contributed by atoms with E-state index in [0.717, 1.165) is 12.3 Å². The number of nitrogens with one attached hydrogen (secondary N) is 1. The van der Waals surface area contributed by atoms with E-state index in [2.05, 4.69) is 33.0 Å². The van der Waals surface area contributed by atoms with Gasteiger partial charge in [0.1, 0.15) is 0 Å². The molecule has 0 aromatic carbocycles. The van der Waals surface area contributed by atoms with Crippen molar-refractivity contribution in [2.45, 2.75) is 71.4 Å². The molecule has 18 heavy (non-hydrogen) atoms. The summed E-state index contributed by atoms with van der Waals surface area (Å²) < 4.78 is 0. The molecule has 0 radical (unpaired) electrons. The second kappa shape index (κ2) is 5.85. The van der Waals surface area contributed by atoms with Crippen LogP contribution in [-0.2, 0) is 0 Å². The fraction of sp³-hybridized carbons (Fsp3) is 0.933. The summed E-state index contributed by atoms with van der Waals surface area (Å²) in [6.07, 6.45) is 6.60. The average Bonchev–Trinajstić information content (AvgIpc) is 2.68. The summed E-state index contributed by atoms with van der Waals surface area (Å²) in [5.41, 5.74) is 0.371. The van der Waals surface area contributed by atoms with E-state index >= 15 is 0 Å². The third-order valence-corrected chi connectivity index (χ3v) is 5.60. The van der Waals surface area contributed by atoms with Gasteiger partial charge in [0.25, 0.3) is 0 Å². The van der Waals surface area contributed by atoms with Crippen molar-refractivity contribution in [2.24, 2.45) is 16.8 Å². The van der Waals surface area contributed by atoms with E-state index in [-0.39, 0.29) is 0 Å². The van der Waals surface area contributed by atoms with Crippen LogP contribution in [0.25, 0.3) is 0 Å². The predicted octanol–water partition coefficient (Wildman–Crippen LogP) is 4.06. The van der Waals surface area contributed by atoms with Crippen molar-refractivity contribution in [1.29, 1.82) is 0 Å². The molecule has 1 saturated carbocycles.